The molecule has 120 valence electrons. The Morgan fingerprint density at radius 2 is 1.57 bits per heavy atom. The molecule has 1 aromatic heterocycles. The van der Waals surface area contributed by atoms with E-state index in [1.54, 1.807) is 0 Å². The highest BCUT2D eigenvalue weighted by molar-refractivity contribution is 5.80. The van der Waals surface area contributed by atoms with Gasteiger partial charge >= 0.3 is 0 Å². The molecule has 0 unspecified atom stereocenters. The molecule has 0 aliphatic heterocycles. The van der Waals surface area contributed by atoms with Crippen molar-refractivity contribution in [1.82, 2.24) is 20.6 Å². The third kappa shape index (κ3) is 4.03. The van der Waals surface area contributed by atoms with Gasteiger partial charge in [-0.15, -0.1) is 10.2 Å². The Morgan fingerprint density at radius 1 is 0.913 bits per heavy atom. The van der Waals surface area contributed by atoms with Gasteiger partial charge in [0.05, 0.1) is 0 Å². The molecule has 0 bridgehead atoms. The number of tetrazole rings is 1. The third-order valence-corrected chi connectivity index (χ3v) is 3.51. The van der Waals surface area contributed by atoms with Gasteiger partial charge in [0.1, 0.15) is 0 Å². The summed E-state index contributed by atoms with van der Waals surface area (Å²) in [6.45, 7) is 6.77. The van der Waals surface area contributed by atoms with Crippen LogP contribution in [0.4, 0.5) is 0 Å². The smallest absolute Gasteiger partial charge is 0.177 e. The zero-order valence-corrected chi connectivity index (χ0v) is 13.2. The van der Waals surface area contributed by atoms with Crippen LogP contribution in [-0.2, 0) is 6.42 Å². The van der Waals surface area contributed by atoms with Crippen molar-refractivity contribution < 1.29 is 0 Å². The van der Waals surface area contributed by atoms with E-state index in [0.717, 1.165) is 23.1 Å². The van der Waals surface area contributed by atoms with Crippen LogP contribution >= 0.6 is 0 Å². The highest BCUT2D eigenvalue weighted by Gasteiger charge is 2.13. The molecule has 4 nitrogen and oxygen atoms in total. The first-order valence-corrected chi connectivity index (χ1v) is 7.45. The van der Waals surface area contributed by atoms with Crippen molar-refractivity contribution in [1.29, 1.82) is 0 Å². The second-order valence-corrected chi connectivity index (χ2v) is 6.72. The molecule has 0 radical (unpaired) electrons. The molecule has 1 N–H and O–H groups in total. The molecule has 0 aliphatic carbocycles. The summed E-state index contributed by atoms with van der Waals surface area (Å²) in [6.07, 6.45) is 1.07. The monoisotopic (exact) mass is 308 g/mol. The second-order valence-electron chi connectivity index (χ2n) is 6.72. The summed E-state index contributed by atoms with van der Waals surface area (Å²) in [7, 11) is 0. The summed E-state index contributed by atoms with van der Waals surface area (Å²) in [6, 6.07) is 16.9. The molecule has 3 aromatic rings. The number of benzene rings is 2. The summed E-state index contributed by atoms with van der Waals surface area (Å²) in [5, 5.41) is 14.3. The first-order valence-electron chi connectivity index (χ1n) is 7.45. The minimum absolute atomic E-state index is 0. The lowest BCUT2D eigenvalue weighted by Gasteiger charge is -2.18. The van der Waals surface area contributed by atoms with Gasteiger partial charge in [0.15, 0.2) is 0 Å². The molecular formula is C19H24N4. The van der Waals surface area contributed by atoms with Gasteiger partial charge in [-0.05, 0) is 33.7 Å². The molecule has 1 heterocycles. The molecular weight excluding hydrogens is 284 g/mol. The topological polar surface area (TPSA) is 54.5 Å². The first-order chi connectivity index (χ1) is 10.5. The van der Waals surface area contributed by atoms with E-state index in [9.17, 15) is 0 Å². The number of nitrogens with one attached hydrogen (secondary N) is 1. The van der Waals surface area contributed by atoms with Gasteiger partial charge in [-0.3, -0.25) is 0 Å². The van der Waals surface area contributed by atoms with E-state index >= 15 is 0 Å². The first kappa shape index (κ1) is 16.9. The Hall–Kier alpha value is -2.49. The van der Waals surface area contributed by atoms with Gasteiger partial charge in [-0.25, -0.2) is 0 Å². The lowest BCUT2D eigenvalue weighted by molar-refractivity contribution is 0.411. The Kier molecular flexibility index (Phi) is 4.94. The van der Waals surface area contributed by atoms with Crippen molar-refractivity contribution in [2.75, 3.05) is 0 Å². The summed E-state index contributed by atoms with van der Waals surface area (Å²) < 4.78 is 0. The minimum Gasteiger partial charge on any atom is -0.177 e. The molecule has 0 amide bonds. The standard InChI is InChI=1S/C18H20N4.CH4/c1-18(2,3)12-13-8-10-14(11-9-13)15-6-4-5-7-16(15)17-19-21-22-20-17;/h4-11H,12H2,1-3H3,(H,19,20,21,22);1H4. The predicted molar refractivity (Wildman–Crippen MR) is 94.9 cm³/mol. The van der Waals surface area contributed by atoms with E-state index in [4.69, 9.17) is 0 Å². The van der Waals surface area contributed by atoms with Crippen LogP contribution < -0.4 is 0 Å². The number of hydrogen-bond acceptors (Lipinski definition) is 3. The number of aromatic amines is 1. The normalized spacial score (nSPS) is 11.1. The van der Waals surface area contributed by atoms with Gasteiger partial charge in [0.25, 0.3) is 0 Å². The molecule has 0 saturated heterocycles. The van der Waals surface area contributed by atoms with Gasteiger partial charge in [-0.2, -0.15) is 5.21 Å². The van der Waals surface area contributed by atoms with Crippen LogP contribution in [0.1, 0.15) is 33.8 Å². The lowest BCUT2D eigenvalue weighted by Crippen LogP contribution is -2.08. The van der Waals surface area contributed by atoms with Crippen molar-refractivity contribution in [3.05, 3.63) is 54.1 Å². The maximum atomic E-state index is 4.09. The Bertz CT molecular complexity index is 738. The molecule has 0 saturated carbocycles. The van der Waals surface area contributed by atoms with Gasteiger partial charge in [0.2, 0.25) is 5.82 Å². The summed E-state index contributed by atoms with van der Waals surface area (Å²) in [4.78, 5) is 0. The summed E-state index contributed by atoms with van der Waals surface area (Å²) in [5.74, 6) is 0.620. The average molecular weight is 308 g/mol. The van der Waals surface area contributed by atoms with Crippen LogP contribution in [0.5, 0.6) is 0 Å². The Balaban J connectivity index is 0.00000192. The lowest BCUT2D eigenvalue weighted by atomic mass is 9.87. The fourth-order valence-corrected chi connectivity index (χ4v) is 2.62. The molecule has 0 spiro atoms. The van der Waals surface area contributed by atoms with Crippen molar-refractivity contribution in [2.24, 2.45) is 5.41 Å². The van der Waals surface area contributed by atoms with Crippen LogP contribution in [0.15, 0.2) is 48.5 Å². The van der Waals surface area contributed by atoms with E-state index in [1.807, 2.05) is 18.2 Å². The molecule has 0 aliphatic rings. The van der Waals surface area contributed by atoms with E-state index < -0.39 is 0 Å². The van der Waals surface area contributed by atoms with E-state index in [1.165, 1.54) is 5.56 Å². The number of H-pyrrole nitrogens is 1. The van der Waals surface area contributed by atoms with E-state index in [-0.39, 0.29) is 7.43 Å². The fraction of sp³-hybridized carbons (Fsp3) is 0.316. The van der Waals surface area contributed by atoms with Crippen LogP contribution in [0.3, 0.4) is 0 Å². The zero-order chi connectivity index (χ0) is 15.6. The Morgan fingerprint density at radius 3 is 2.13 bits per heavy atom. The highest BCUT2D eigenvalue weighted by atomic mass is 15.5. The number of rotatable bonds is 3. The maximum Gasteiger partial charge on any atom is 0.205 e. The molecule has 2 aromatic carbocycles. The zero-order valence-electron chi connectivity index (χ0n) is 13.2. The second kappa shape index (κ2) is 6.73. The van der Waals surface area contributed by atoms with Crippen molar-refractivity contribution in [2.45, 2.75) is 34.6 Å². The van der Waals surface area contributed by atoms with Crippen LogP contribution in [-0.4, -0.2) is 20.6 Å². The van der Waals surface area contributed by atoms with Crippen molar-refractivity contribution in [3.63, 3.8) is 0 Å². The van der Waals surface area contributed by atoms with Crippen molar-refractivity contribution >= 4 is 0 Å². The minimum atomic E-state index is 0. The van der Waals surface area contributed by atoms with E-state index in [2.05, 4.69) is 71.7 Å². The van der Waals surface area contributed by atoms with Crippen molar-refractivity contribution in [3.8, 4) is 22.5 Å². The number of hydrogen-bond donors (Lipinski definition) is 1. The van der Waals surface area contributed by atoms with Crippen LogP contribution in [0.2, 0.25) is 0 Å². The van der Waals surface area contributed by atoms with Gasteiger partial charge < -0.3 is 0 Å². The summed E-state index contributed by atoms with van der Waals surface area (Å²) in [5.41, 5.74) is 4.92. The third-order valence-electron chi connectivity index (χ3n) is 3.51. The molecule has 0 atom stereocenters. The van der Waals surface area contributed by atoms with Crippen LogP contribution in [0.25, 0.3) is 22.5 Å². The molecule has 3 rings (SSSR count). The predicted octanol–water partition coefficient (Wildman–Crippen LogP) is 4.76. The SMILES string of the molecule is C.CC(C)(C)Cc1ccc(-c2ccccc2-c2nn[nH]n2)cc1. The fourth-order valence-electron chi connectivity index (χ4n) is 2.62. The molecule has 4 heteroatoms. The van der Waals surface area contributed by atoms with Gasteiger partial charge in [-0.1, -0.05) is 76.7 Å². The quantitative estimate of drug-likeness (QED) is 0.759. The number of aromatic nitrogens is 4. The molecule has 23 heavy (non-hydrogen) atoms. The van der Waals surface area contributed by atoms with Crippen LogP contribution in [0, 0.1) is 5.41 Å². The highest BCUT2D eigenvalue weighted by Crippen LogP contribution is 2.30. The van der Waals surface area contributed by atoms with Gasteiger partial charge in [0, 0.05) is 5.56 Å². The molecule has 0 fully saturated rings. The van der Waals surface area contributed by atoms with E-state index in [0.29, 0.717) is 11.2 Å². The number of nitrogens with zero attached hydrogens (tertiary/aromatic N) is 3. The largest absolute Gasteiger partial charge is 0.205 e. The summed E-state index contributed by atoms with van der Waals surface area (Å²) >= 11 is 0. The Labute approximate surface area is 138 Å². The maximum absolute atomic E-state index is 4.09. The average Bonchev–Trinajstić information content (AvgIpc) is 3.00.